The molecule has 0 bridgehead atoms. The molecule has 3 aromatic rings. The van der Waals surface area contributed by atoms with Crippen LogP contribution in [0.2, 0.25) is 0 Å². The summed E-state index contributed by atoms with van der Waals surface area (Å²) in [4.78, 5) is 1.20. The third-order valence-corrected chi connectivity index (χ3v) is 5.41. The summed E-state index contributed by atoms with van der Waals surface area (Å²) in [5, 5.41) is 0. The van der Waals surface area contributed by atoms with Gasteiger partial charge in [0.15, 0.2) is 0 Å². The molecule has 25 heavy (non-hydrogen) atoms. The molecule has 0 fully saturated rings. The summed E-state index contributed by atoms with van der Waals surface area (Å²) in [6.45, 7) is 0.822. The quantitative estimate of drug-likeness (QED) is 0.588. The third-order valence-electron chi connectivity index (χ3n) is 4.33. The number of hydrogen-bond donors (Lipinski definition) is 0. The summed E-state index contributed by atoms with van der Waals surface area (Å²) < 4.78 is 13.2. The normalized spacial score (nSPS) is 12.3. The van der Waals surface area contributed by atoms with Gasteiger partial charge in [-0.1, -0.05) is 30.3 Å². The van der Waals surface area contributed by atoms with E-state index in [1.807, 2.05) is 18.2 Å². The molecule has 0 spiro atoms. The molecule has 1 heterocycles. The van der Waals surface area contributed by atoms with Gasteiger partial charge in [0.05, 0.1) is 26.5 Å². The Labute approximate surface area is 152 Å². The maximum absolute atomic E-state index is 5.45. The van der Waals surface area contributed by atoms with Crippen LogP contribution < -0.4 is 13.8 Å². The van der Waals surface area contributed by atoms with Crippen molar-refractivity contribution in [3.63, 3.8) is 0 Å². The molecule has 0 amide bonds. The number of hydrogen-bond acceptors (Lipinski definition) is 4. The van der Waals surface area contributed by atoms with Gasteiger partial charge in [-0.2, -0.15) is 0 Å². The molecule has 126 valence electrons. The number of nitrogens with zero attached hydrogens (tertiary/aromatic N) is 1. The highest BCUT2D eigenvalue weighted by Crippen LogP contribution is 2.49. The van der Waals surface area contributed by atoms with Crippen LogP contribution in [-0.4, -0.2) is 14.2 Å². The molecule has 0 N–H and O–H groups in total. The second-order valence-corrected chi connectivity index (χ2v) is 6.92. The number of anilines is 1. The standard InChI is InChI=1S/C21H19NO2S/c1-23-16-8-10-18-19-11-9-17(24-2)13-21(19)25-22(20(18)12-16)14-15-6-4-3-5-7-15/h3-13H,14H2,1-2H3. The van der Waals surface area contributed by atoms with E-state index in [1.54, 1.807) is 26.2 Å². The van der Waals surface area contributed by atoms with E-state index in [2.05, 4.69) is 52.8 Å². The highest BCUT2D eigenvalue weighted by Gasteiger charge is 2.24. The van der Waals surface area contributed by atoms with Crippen LogP contribution in [0.5, 0.6) is 11.5 Å². The number of methoxy groups -OCH3 is 2. The predicted molar refractivity (Wildman–Crippen MR) is 103 cm³/mol. The third kappa shape index (κ3) is 3.05. The number of fused-ring (bicyclic) bond motifs is 3. The molecule has 0 saturated heterocycles. The summed E-state index contributed by atoms with van der Waals surface area (Å²) in [7, 11) is 3.41. The van der Waals surface area contributed by atoms with Crippen LogP contribution in [0.1, 0.15) is 5.56 Å². The van der Waals surface area contributed by atoms with Crippen molar-refractivity contribution in [1.82, 2.24) is 0 Å². The minimum Gasteiger partial charge on any atom is -0.497 e. The van der Waals surface area contributed by atoms with E-state index in [4.69, 9.17) is 9.47 Å². The fourth-order valence-electron chi connectivity index (χ4n) is 3.03. The number of rotatable bonds is 4. The Morgan fingerprint density at radius 2 is 1.48 bits per heavy atom. The molecule has 4 rings (SSSR count). The van der Waals surface area contributed by atoms with E-state index in [1.165, 1.54) is 27.3 Å². The van der Waals surface area contributed by atoms with Crippen LogP contribution in [0.15, 0.2) is 71.6 Å². The molecule has 0 unspecified atom stereocenters. The largest absolute Gasteiger partial charge is 0.497 e. The van der Waals surface area contributed by atoms with Crippen LogP contribution in [0.4, 0.5) is 5.69 Å². The van der Waals surface area contributed by atoms with Crippen molar-refractivity contribution in [3.05, 3.63) is 72.3 Å². The van der Waals surface area contributed by atoms with Gasteiger partial charge in [0.2, 0.25) is 0 Å². The zero-order valence-electron chi connectivity index (χ0n) is 14.2. The smallest absolute Gasteiger partial charge is 0.121 e. The van der Waals surface area contributed by atoms with E-state index < -0.39 is 0 Å². The maximum atomic E-state index is 5.45. The lowest BCUT2D eigenvalue weighted by molar-refractivity contribution is 0.413. The van der Waals surface area contributed by atoms with Crippen LogP contribution >= 0.6 is 11.9 Å². The van der Waals surface area contributed by atoms with Crippen molar-refractivity contribution in [3.8, 4) is 22.6 Å². The van der Waals surface area contributed by atoms with Crippen molar-refractivity contribution >= 4 is 17.6 Å². The summed E-state index contributed by atoms with van der Waals surface area (Å²) in [6.07, 6.45) is 0. The molecule has 1 aliphatic heterocycles. The van der Waals surface area contributed by atoms with E-state index in [-0.39, 0.29) is 0 Å². The lowest BCUT2D eigenvalue weighted by Gasteiger charge is -2.32. The van der Waals surface area contributed by atoms with Crippen molar-refractivity contribution in [1.29, 1.82) is 0 Å². The van der Waals surface area contributed by atoms with Crippen molar-refractivity contribution in [2.75, 3.05) is 18.5 Å². The van der Waals surface area contributed by atoms with Crippen molar-refractivity contribution < 1.29 is 9.47 Å². The maximum Gasteiger partial charge on any atom is 0.121 e. The highest BCUT2D eigenvalue weighted by molar-refractivity contribution is 8.00. The predicted octanol–water partition coefficient (Wildman–Crippen LogP) is 5.40. The SMILES string of the molecule is COc1ccc2c(c1)SN(Cc1ccccc1)c1cc(OC)ccc1-2. The summed E-state index contributed by atoms with van der Waals surface area (Å²) in [5.74, 6) is 1.75. The minimum atomic E-state index is 0.822. The fraction of sp³-hybridized carbons (Fsp3) is 0.143. The summed E-state index contributed by atoms with van der Waals surface area (Å²) >= 11 is 1.74. The summed E-state index contributed by atoms with van der Waals surface area (Å²) in [6, 6.07) is 23.0. The fourth-order valence-corrected chi connectivity index (χ4v) is 4.18. The topological polar surface area (TPSA) is 21.7 Å². The van der Waals surface area contributed by atoms with Gasteiger partial charge in [-0.3, -0.25) is 0 Å². The Bertz CT molecular complexity index is 896. The first-order valence-corrected chi connectivity index (χ1v) is 8.91. The molecule has 0 aromatic heterocycles. The Balaban J connectivity index is 1.80. The molecule has 3 nitrogen and oxygen atoms in total. The van der Waals surface area contributed by atoms with Gasteiger partial charge >= 0.3 is 0 Å². The van der Waals surface area contributed by atoms with Crippen molar-refractivity contribution in [2.24, 2.45) is 0 Å². The lowest BCUT2D eigenvalue weighted by Crippen LogP contribution is -2.18. The molecule has 0 atom stereocenters. The average Bonchev–Trinajstić information content (AvgIpc) is 2.68. The second-order valence-electron chi connectivity index (χ2n) is 5.86. The van der Waals surface area contributed by atoms with E-state index in [0.717, 1.165) is 18.0 Å². The van der Waals surface area contributed by atoms with E-state index >= 15 is 0 Å². The van der Waals surface area contributed by atoms with Gasteiger partial charge < -0.3 is 13.8 Å². The lowest BCUT2D eigenvalue weighted by atomic mass is 10.0. The molecule has 3 aromatic carbocycles. The average molecular weight is 349 g/mol. The molecule has 1 aliphatic rings. The van der Waals surface area contributed by atoms with Crippen LogP contribution in [-0.2, 0) is 6.54 Å². The number of ether oxygens (including phenoxy) is 2. The summed E-state index contributed by atoms with van der Waals surface area (Å²) in [5.41, 5.74) is 4.89. The number of benzene rings is 3. The van der Waals surface area contributed by atoms with Gasteiger partial charge in [0.25, 0.3) is 0 Å². The molecular weight excluding hydrogens is 330 g/mol. The van der Waals surface area contributed by atoms with E-state index in [9.17, 15) is 0 Å². The van der Waals surface area contributed by atoms with Gasteiger partial charge in [-0.15, -0.1) is 0 Å². The van der Waals surface area contributed by atoms with Gasteiger partial charge in [-0.25, -0.2) is 0 Å². The highest BCUT2D eigenvalue weighted by atomic mass is 32.2. The minimum absolute atomic E-state index is 0.822. The molecule has 4 heteroatoms. The Morgan fingerprint density at radius 1 is 0.800 bits per heavy atom. The van der Waals surface area contributed by atoms with Gasteiger partial charge in [0, 0.05) is 16.5 Å². The molecule has 0 saturated carbocycles. The Morgan fingerprint density at radius 3 is 2.20 bits per heavy atom. The van der Waals surface area contributed by atoms with Crippen LogP contribution in [0, 0.1) is 0 Å². The molecule has 0 radical (unpaired) electrons. The monoisotopic (exact) mass is 349 g/mol. The Kier molecular flexibility index (Phi) is 4.28. The first-order chi connectivity index (χ1) is 12.3. The van der Waals surface area contributed by atoms with Gasteiger partial charge in [-0.05, 0) is 53.4 Å². The van der Waals surface area contributed by atoms with Crippen molar-refractivity contribution in [2.45, 2.75) is 11.4 Å². The zero-order chi connectivity index (χ0) is 17.2. The van der Waals surface area contributed by atoms with E-state index in [0.29, 0.717) is 0 Å². The second kappa shape index (κ2) is 6.73. The van der Waals surface area contributed by atoms with Crippen LogP contribution in [0.3, 0.4) is 0 Å². The first kappa shape index (κ1) is 15.9. The Hall–Kier alpha value is -2.59. The molecule has 0 aliphatic carbocycles. The first-order valence-electron chi connectivity index (χ1n) is 8.14. The zero-order valence-corrected chi connectivity index (χ0v) is 15.0. The van der Waals surface area contributed by atoms with Gasteiger partial charge in [0.1, 0.15) is 11.5 Å². The molecular formula is C21H19NO2S. The van der Waals surface area contributed by atoms with Crippen LogP contribution in [0.25, 0.3) is 11.1 Å².